The monoisotopic (exact) mass is 425 g/mol. The van der Waals surface area contributed by atoms with Crippen LogP contribution in [-0.2, 0) is 11.2 Å². The molecule has 0 unspecified atom stereocenters. The zero-order valence-corrected chi connectivity index (χ0v) is 18.1. The van der Waals surface area contributed by atoms with E-state index in [0.29, 0.717) is 22.5 Å². The molecule has 0 aliphatic carbocycles. The SMILES string of the molecule is CSc1nc(C)c(/C(=C/N)OCCCc2ccccc2)c(-c2cccc(Cl)c2)n1. The molecule has 0 fully saturated rings. The van der Waals surface area contributed by atoms with Gasteiger partial charge in [0.1, 0.15) is 5.76 Å². The summed E-state index contributed by atoms with van der Waals surface area (Å²) >= 11 is 7.71. The van der Waals surface area contributed by atoms with Crippen molar-refractivity contribution in [3.63, 3.8) is 0 Å². The summed E-state index contributed by atoms with van der Waals surface area (Å²) in [5.41, 5.74) is 10.5. The van der Waals surface area contributed by atoms with Crippen molar-refractivity contribution in [3.05, 3.63) is 82.6 Å². The molecule has 0 aliphatic rings. The molecule has 0 atom stereocenters. The fourth-order valence-corrected chi connectivity index (χ4v) is 3.69. The standard InChI is InChI=1S/C23H24ClN3OS/c1-16-21(20(15-25)28-13-7-10-17-8-4-3-5-9-17)22(27-23(26-16)29-2)18-11-6-12-19(24)14-18/h3-6,8-9,11-12,14-15H,7,10,13,25H2,1-2H3/b20-15-. The number of nitrogens with two attached hydrogens (primary N) is 1. The van der Waals surface area contributed by atoms with Crippen LogP contribution in [0.5, 0.6) is 0 Å². The molecule has 0 saturated heterocycles. The van der Waals surface area contributed by atoms with Crippen molar-refractivity contribution in [1.29, 1.82) is 0 Å². The minimum Gasteiger partial charge on any atom is -0.491 e. The molecule has 2 N–H and O–H groups in total. The van der Waals surface area contributed by atoms with Gasteiger partial charge in [-0.15, -0.1) is 0 Å². The molecule has 150 valence electrons. The van der Waals surface area contributed by atoms with Crippen molar-refractivity contribution < 1.29 is 4.74 Å². The van der Waals surface area contributed by atoms with E-state index in [9.17, 15) is 0 Å². The highest BCUT2D eigenvalue weighted by Crippen LogP contribution is 2.32. The third kappa shape index (κ3) is 5.52. The fourth-order valence-electron chi connectivity index (χ4n) is 3.08. The van der Waals surface area contributed by atoms with Gasteiger partial charge in [-0.2, -0.15) is 0 Å². The Hall–Kier alpha value is -2.50. The Morgan fingerprint density at radius 3 is 2.62 bits per heavy atom. The first kappa shape index (κ1) is 21.2. The summed E-state index contributed by atoms with van der Waals surface area (Å²) in [5.74, 6) is 0.582. The highest BCUT2D eigenvalue weighted by Gasteiger charge is 2.18. The van der Waals surface area contributed by atoms with Gasteiger partial charge < -0.3 is 10.5 Å². The van der Waals surface area contributed by atoms with E-state index < -0.39 is 0 Å². The highest BCUT2D eigenvalue weighted by atomic mass is 35.5. The highest BCUT2D eigenvalue weighted by molar-refractivity contribution is 7.98. The number of hydrogen-bond acceptors (Lipinski definition) is 5. The van der Waals surface area contributed by atoms with E-state index in [-0.39, 0.29) is 0 Å². The summed E-state index contributed by atoms with van der Waals surface area (Å²) in [6, 6.07) is 18.0. The van der Waals surface area contributed by atoms with Crippen molar-refractivity contribution in [1.82, 2.24) is 9.97 Å². The van der Waals surface area contributed by atoms with Crippen LogP contribution in [0.25, 0.3) is 17.0 Å². The van der Waals surface area contributed by atoms with Crippen molar-refractivity contribution in [2.75, 3.05) is 12.9 Å². The van der Waals surface area contributed by atoms with E-state index in [2.05, 4.69) is 17.1 Å². The number of hydrogen-bond donors (Lipinski definition) is 1. The van der Waals surface area contributed by atoms with Gasteiger partial charge in [0, 0.05) is 16.8 Å². The number of nitrogens with zero attached hydrogens (tertiary/aromatic N) is 2. The lowest BCUT2D eigenvalue weighted by Crippen LogP contribution is -2.06. The van der Waals surface area contributed by atoms with Crippen LogP contribution in [0, 0.1) is 6.92 Å². The minimum atomic E-state index is 0.552. The summed E-state index contributed by atoms with van der Waals surface area (Å²) < 4.78 is 6.06. The number of ether oxygens (including phenoxy) is 1. The first-order valence-electron chi connectivity index (χ1n) is 9.40. The maximum atomic E-state index is 6.22. The normalized spacial score (nSPS) is 11.5. The molecule has 6 heteroatoms. The van der Waals surface area contributed by atoms with Crippen molar-refractivity contribution in [3.8, 4) is 11.3 Å². The first-order chi connectivity index (χ1) is 14.1. The Morgan fingerprint density at radius 2 is 1.93 bits per heavy atom. The molecular weight excluding hydrogens is 402 g/mol. The van der Waals surface area contributed by atoms with Gasteiger partial charge in [-0.25, -0.2) is 9.97 Å². The van der Waals surface area contributed by atoms with Gasteiger partial charge in [0.15, 0.2) is 5.16 Å². The molecule has 0 radical (unpaired) electrons. The molecule has 3 aromatic rings. The number of benzene rings is 2. The second-order valence-corrected chi connectivity index (χ2v) is 7.71. The van der Waals surface area contributed by atoms with Gasteiger partial charge in [-0.3, -0.25) is 0 Å². The van der Waals surface area contributed by atoms with E-state index in [0.717, 1.165) is 35.4 Å². The minimum absolute atomic E-state index is 0.552. The van der Waals surface area contributed by atoms with Crippen LogP contribution in [0.15, 0.2) is 66.0 Å². The molecule has 0 saturated carbocycles. The van der Waals surface area contributed by atoms with E-state index >= 15 is 0 Å². The summed E-state index contributed by atoms with van der Waals surface area (Å²) in [6.45, 7) is 2.50. The Labute approximate surface area is 181 Å². The molecule has 0 bridgehead atoms. The summed E-state index contributed by atoms with van der Waals surface area (Å²) in [4.78, 5) is 9.31. The largest absolute Gasteiger partial charge is 0.491 e. The number of halogens is 1. The predicted molar refractivity (Wildman–Crippen MR) is 122 cm³/mol. The molecule has 29 heavy (non-hydrogen) atoms. The number of thioether (sulfide) groups is 1. The third-order valence-corrected chi connectivity index (χ3v) is 5.24. The average molecular weight is 426 g/mol. The van der Waals surface area contributed by atoms with E-state index in [1.54, 1.807) is 0 Å². The molecule has 0 aliphatic heterocycles. The van der Waals surface area contributed by atoms with Crippen LogP contribution < -0.4 is 5.73 Å². The lowest BCUT2D eigenvalue weighted by atomic mass is 10.0. The second kappa shape index (κ2) is 10.3. The zero-order valence-electron chi connectivity index (χ0n) is 16.6. The average Bonchev–Trinajstić information content (AvgIpc) is 2.74. The summed E-state index contributed by atoms with van der Waals surface area (Å²) in [6.07, 6.45) is 5.27. The second-order valence-electron chi connectivity index (χ2n) is 6.50. The number of aryl methyl sites for hydroxylation is 2. The summed E-state index contributed by atoms with van der Waals surface area (Å²) in [5, 5.41) is 1.35. The lowest BCUT2D eigenvalue weighted by molar-refractivity contribution is 0.270. The Balaban J connectivity index is 1.85. The molecular formula is C23H24ClN3OS. The molecule has 4 nitrogen and oxygen atoms in total. The molecule has 1 heterocycles. The van der Waals surface area contributed by atoms with Gasteiger partial charge in [0.25, 0.3) is 0 Å². The van der Waals surface area contributed by atoms with Crippen molar-refractivity contribution in [2.24, 2.45) is 5.73 Å². The fraction of sp³-hybridized carbons (Fsp3) is 0.217. The Kier molecular flexibility index (Phi) is 7.55. The van der Waals surface area contributed by atoms with Crippen LogP contribution in [0.1, 0.15) is 23.2 Å². The van der Waals surface area contributed by atoms with Gasteiger partial charge in [0.05, 0.1) is 23.6 Å². The summed E-state index contributed by atoms with van der Waals surface area (Å²) in [7, 11) is 0. The molecule has 0 spiro atoms. The molecule has 2 aromatic carbocycles. The van der Waals surface area contributed by atoms with Crippen LogP contribution in [-0.4, -0.2) is 22.8 Å². The molecule has 3 rings (SSSR count). The van der Waals surface area contributed by atoms with Crippen molar-refractivity contribution in [2.45, 2.75) is 24.9 Å². The first-order valence-corrected chi connectivity index (χ1v) is 11.0. The van der Waals surface area contributed by atoms with Crippen LogP contribution >= 0.6 is 23.4 Å². The predicted octanol–water partition coefficient (Wildman–Crippen LogP) is 5.73. The van der Waals surface area contributed by atoms with Gasteiger partial charge in [0.2, 0.25) is 0 Å². The number of aromatic nitrogens is 2. The number of rotatable bonds is 8. The Morgan fingerprint density at radius 1 is 1.14 bits per heavy atom. The topological polar surface area (TPSA) is 61.0 Å². The maximum absolute atomic E-state index is 6.22. The molecule has 0 amide bonds. The Bertz CT molecular complexity index is 993. The van der Waals surface area contributed by atoms with Crippen molar-refractivity contribution >= 4 is 29.1 Å². The lowest BCUT2D eigenvalue weighted by Gasteiger charge is -2.17. The van der Waals surface area contributed by atoms with Gasteiger partial charge in [-0.1, -0.05) is 65.8 Å². The zero-order chi connectivity index (χ0) is 20.6. The van der Waals surface area contributed by atoms with E-state index in [1.807, 2.05) is 55.6 Å². The van der Waals surface area contributed by atoms with Crippen LogP contribution in [0.4, 0.5) is 0 Å². The van der Waals surface area contributed by atoms with Crippen LogP contribution in [0.3, 0.4) is 0 Å². The molecule has 1 aromatic heterocycles. The quantitative estimate of drug-likeness (QED) is 0.216. The third-order valence-electron chi connectivity index (χ3n) is 4.46. The van der Waals surface area contributed by atoms with E-state index in [4.69, 9.17) is 27.1 Å². The van der Waals surface area contributed by atoms with Crippen LogP contribution in [0.2, 0.25) is 5.02 Å². The smallest absolute Gasteiger partial charge is 0.188 e. The van der Waals surface area contributed by atoms with Gasteiger partial charge in [-0.05, 0) is 43.7 Å². The maximum Gasteiger partial charge on any atom is 0.188 e. The van der Waals surface area contributed by atoms with Gasteiger partial charge >= 0.3 is 0 Å². The van der Waals surface area contributed by atoms with E-state index in [1.165, 1.54) is 23.5 Å².